The van der Waals surface area contributed by atoms with Gasteiger partial charge in [-0.1, -0.05) is 36.4 Å². The highest BCUT2D eigenvalue weighted by Gasteiger charge is 2.11. The lowest BCUT2D eigenvalue weighted by molar-refractivity contribution is 0.102. The minimum atomic E-state index is -0.241. The van der Waals surface area contributed by atoms with Crippen LogP contribution < -0.4 is 10.9 Å². The molecule has 0 spiro atoms. The molecule has 0 atom stereocenters. The van der Waals surface area contributed by atoms with E-state index in [4.69, 9.17) is 12.2 Å². The largest absolute Gasteiger partial charge is 0.332 e. The Balaban J connectivity index is 1.67. The molecular formula is C24H21N3O2S. The van der Waals surface area contributed by atoms with E-state index in [1.54, 1.807) is 18.2 Å². The van der Waals surface area contributed by atoms with Crippen LogP contribution in [0.4, 0.5) is 5.69 Å². The Hall–Kier alpha value is -3.51. The Morgan fingerprint density at radius 1 is 1.00 bits per heavy atom. The molecule has 0 fully saturated rings. The van der Waals surface area contributed by atoms with Crippen molar-refractivity contribution in [1.82, 2.24) is 9.55 Å². The van der Waals surface area contributed by atoms with Gasteiger partial charge in [-0.15, -0.1) is 0 Å². The van der Waals surface area contributed by atoms with Crippen molar-refractivity contribution in [2.24, 2.45) is 0 Å². The average molecular weight is 416 g/mol. The first-order valence-corrected chi connectivity index (χ1v) is 10.0. The fourth-order valence-corrected chi connectivity index (χ4v) is 3.81. The molecule has 0 unspecified atom stereocenters. The fourth-order valence-electron chi connectivity index (χ4n) is 3.56. The van der Waals surface area contributed by atoms with Crippen LogP contribution >= 0.6 is 12.2 Å². The van der Waals surface area contributed by atoms with Crippen molar-refractivity contribution in [2.75, 3.05) is 5.32 Å². The van der Waals surface area contributed by atoms with Crippen molar-refractivity contribution in [2.45, 2.75) is 20.4 Å². The van der Waals surface area contributed by atoms with Crippen LogP contribution in [0.15, 0.2) is 71.5 Å². The fraction of sp³-hybridized carbons (Fsp3) is 0.125. The third-order valence-electron chi connectivity index (χ3n) is 4.91. The molecule has 0 aliphatic rings. The summed E-state index contributed by atoms with van der Waals surface area (Å²) in [6.45, 7) is 4.36. The Morgan fingerprint density at radius 3 is 2.40 bits per heavy atom. The summed E-state index contributed by atoms with van der Waals surface area (Å²) in [5.41, 5.74) is 4.69. The van der Waals surface area contributed by atoms with Gasteiger partial charge in [0.05, 0.1) is 17.4 Å². The monoisotopic (exact) mass is 415 g/mol. The van der Waals surface area contributed by atoms with Gasteiger partial charge in [-0.2, -0.15) is 0 Å². The van der Waals surface area contributed by atoms with Crippen molar-refractivity contribution >= 4 is 34.7 Å². The molecule has 4 aromatic rings. The number of aromatic amines is 1. The Labute approximate surface area is 179 Å². The topological polar surface area (TPSA) is 66.9 Å². The molecule has 0 saturated carbocycles. The number of carbonyl (C=O) groups excluding carboxylic acids is 1. The van der Waals surface area contributed by atoms with Gasteiger partial charge < -0.3 is 10.3 Å². The summed E-state index contributed by atoms with van der Waals surface area (Å²) >= 11 is 5.42. The van der Waals surface area contributed by atoms with Gasteiger partial charge in [-0.05, 0) is 73.1 Å². The molecule has 150 valence electrons. The Kier molecular flexibility index (Phi) is 5.33. The highest BCUT2D eigenvalue weighted by atomic mass is 32.1. The van der Waals surface area contributed by atoms with Crippen molar-refractivity contribution in [3.05, 3.63) is 104 Å². The second kappa shape index (κ2) is 8.08. The van der Waals surface area contributed by atoms with Gasteiger partial charge in [0.2, 0.25) is 0 Å². The quantitative estimate of drug-likeness (QED) is 0.462. The normalized spacial score (nSPS) is 10.9. The molecule has 1 amide bonds. The highest BCUT2D eigenvalue weighted by Crippen LogP contribution is 2.17. The van der Waals surface area contributed by atoms with Crippen molar-refractivity contribution in [3.63, 3.8) is 0 Å². The number of nitrogens with one attached hydrogen (secondary N) is 2. The minimum Gasteiger partial charge on any atom is -0.332 e. The second-order valence-electron chi connectivity index (χ2n) is 7.40. The number of aromatic nitrogens is 2. The second-order valence-corrected chi connectivity index (χ2v) is 7.78. The maximum absolute atomic E-state index is 13.0. The molecule has 1 heterocycles. The predicted octanol–water partition coefficient (Wildman–Crippen LogP) is 4.98. The van der Waals surface area contributed by atoms with E-state index in [2.05, 4.69) is 10.3 Å². The first-order chi connectivity index (χ1) is 14.4. The van der Waals surface area contributed by atoms with E-state index in [9.17, 15) is 9.59 Å². The number of fused-ring (bicyclic) bond motifs is 1. The lowest BCUT2D eigenvalue weighted by Gasteiger charge is -2.10. The predicted molar refractivity (Wildman–Crippen MR) is 123 cm³/mol. The molecule has 0 saturated heterocycles. The number of aryl methyl sites for hydroxylation is 2. The van der Waals surface area contributed by atoms with Gasteiger partial charge >= 0.3 is 0 Å². The zero-order valence-corrected chi connectivity index (χ0v) is 17.5. The van der Waals surface area contributed by atoms with E-state index in [1.165, 1.54) is 4.57 Å². The van der Waals surface area contributed by atoms with E-state index in [-0.39, 0.29) is 11.5 Å². The molecule has 2 N–H and O–H groups in total. The standard InChI is InChI=1S/C24H21N3O2S/c1-15-10-16(2)12-19(11-15)25-22(28)18-8-9-20-21(13-18)26-24(30)27(23(20)29)14-17-6-4-3-5-7-17/h3-13H,14H2,1-2H3,(H,25,28)(H,26,30). The maximum atomic E-state index is 13.0. The number of nitrogens with zero attached hydrogens (tertiary/aromatic N) is 1. The van der Waals surface area contributed by atoms with Crippen LogP contribution in [-0.4, -0.2) is 15.5 Å². The molecule has 30 heavy (non-hydrogen) atoms. The third kappa shape index (κ3) is 4.09. The smallest absolute Gasteiger partial charge is 0.262 e. The van der Waals surface area contributed by atoms with Gasteiger partial charge in [-0.3, -0.25) is 14.2 Å². The number of rotatable bonds is 4. The molecule has 3 aromatic carbocycles. The molecule has 0 radical (unpaired) electrons. The summed E-state index contributed by atoms with van der Waals surface area (Å²) in [4.78, 5) is 28.8. The number of hydrogen-bond acceptors (Lipinski definition) is 3. The molecule has 6 heteroatoms. The highest BCUT2D eigenvalue weighted by molar-refractivity contribution is 7.71. The molecule has 0 bridgehead atoms. The lowest BCUT2D eigenvalue weighted by atomic mass is 10.1. The van der Waals surface area contributed by atoms with E-state index in [0.717, 1.165) is 22.4 Å². The summed E-state index contributed by atoms with van der Waals surface area (Å²) < 4.78 is 1.85. The number of hydrogen-bond donors (Lipinski definition) is 2. The molecule has 0 aliphatic carbocycles. The third-order valence-corrected chi connectivity index (χ3v) is 5.23. The van der Waals surface area contributed by atoms with Crippen molar-refractivity contribution in [1.29, 1.82) is 0 Å². The van der Waals surface area contributed by atoms with Gasteiger partial charge in [-0.25, -0.2) is 0 Å². The van der Waals surface area contributed by atoms with Crippen LogP contribution in [0, 0.1) is 18.6 Å². The number of H-pyrrole nitrogens is 1. The van der Waals surface area contributed by atoms with E-state index in [1.807, 2.05) is 62.4 Å². The maximum Gasteiger partial charge on any atom is 0.262 e. The van der Waals surface area contributed by atoms with Gasteiger partial charge in [0.1, 0.15) is 0 Å². The molecule has 4 rings (SSSR count). The van der Waals surface area contributed by atoms with E-state index < -0.39 is 0 Å². The van der Waals surface area contributed by atoms with Crippen molar-refractivity contribution < 1.29 is 4.79 Å². The summed E-state index contributed by atoms with van der Waals surface area (Å²) in [6.07, 6.45) is 0. The van der Waals surface area contributed by atoms with Gasteiger partial charge in [0.25, 0.3) is 11.5 Å². The van der Waals surface area contributed by atoms with Gasteiger partial charge in [0.15, 0.2) is 4.77 Å². The lowest BCUT2D eigenvalue weighted by Crippen LogP contribution is -2.23. The number of carbonyl (C=O) groups is 1. The van der Waals surface area contributed by atoms with E-state index >= 15 is 0 Å². The molecule has 0 aliphatic heterocycles. The van der Waals surface area contributed by atoms with Gasteiger partial charge in [0, 0.05) is 11.3 Å². The van der Waals surface area contributed by atoms with Crippen molar-refractivity contribution in [3.8, 4) is 0 Å². The summed E-state index contributed by atoms with van der Waals surface area (Å²) in [5.74, 6) is -0.241. The van der Waals surface area contributed by atoms with Crippen LogP contribution in [0.1, 0.15) is 27.0 Å². The Bertz CT molecular complexity index is 1350. The van der Waals surface area contributed by atoms with E-state index in [0.29, 0.717) is 27.8 Å². The van der Waals surface area contributed by atoms with Crippen LogP contribution in [0.25, 0.3) is 10.9 Å². The SMILES string of the molecule is Cc1cc(C)cc(NC(=O)c2ccc3c(=O)n(Cc4ccccc4)c(=S)[nH]c3c2)c1. The van der Waals surface area contributed by atoms with Crippen LogP contribution in [0.2, 0.25) is 0 Å². The number of anilines is 1. The summed E-state index contributed by atoms with van der Waals surface area (Å²) in [6, 6.07) is 20.6. The van der Waals surface area contributed by atoms with Crippen LogP contribution in [0.3, 0.4) is 0 Å². The Morgan fingerprint density at radius 2 is 1.70 bits per heavy atom. The zero-order valence-electron chi connectivity index (χ0n) is 16.7. The number of amides is 1. The average Bonchev–Trinajstić information content (AvgIpc) is 2.70. The summed E-state index contributed by atoms with van der Waals surface area (Å²) in [5, 5.41) is 3.40. The summed E-state index contributed by atoms with van der Waals surface area (Å²) in [7, 11) is 0. The molecular weight excluding hydrogens is 394 g/mol. The number of benzene rings is 3. The first kappa shape index (κ1) is 19.8. The molecule has 1 aromatic heterocycles. The minimum absolute atomic E-state index is 0.182. The van der Waals surface area contributed by atoms with Crippen LogP contribution in [-0.2, 0) is 6.54 Å². The zero-order chi connectivity index (χ0) is 21.3. The van der Waals surface area contributed by atoms with Crippen LogP contribution in [0.5, 0.6) is 0 Å². The molecule has 5 nitrogen and oxygen atoms in total. The first-order valence-electron chi connectivity index (χ1n) is 9.61.